The van der Waals surface area contributed by atoms with Crippen LogP contribution in [0, 0.1) is 11.8 Å². The largest absolute Gasteiger partial charge is 0.462 e. The van der Waals surface area contributed by atoms with Crippen LogP contribution in [-0.2, 0) is 28.6 Å². The Hall–Kier alpha value is -1.59. The van der Waals surface area contributed by atoms with E-state index in [0.29, 0.717) is 19.3 Å². The summed E-state index contributed by atoms with van der Waals surface area (Å²) in [6.45, 7) is 11.3. The van der Waals surface area contributed by atoms with E-state index in [0.717, 1.165) is 76.0 Å². The van der Waals surface area contributed by atoms with Crippen molar-refractivity contribution in [1.82, 2.24) is 0 Å². The van der Waals surface area contributed by atoms with Gasteiger partial charge in [-0.2, -0.15) is 0 Å². The number of carbonyl (C=O) groups is 3. The van der Waals surface area contributed by atoms with E-state index < -0.39 is 6.10 Å². The van der Waals surface area contributed by atoms with Crippen LogP contribution in [0.2, 0.25) is 0 Å². The SMILES string of the molecule is CCCCCCCC(=O)OC[C@H](COC(=O)CCCCCCCCCCCCCC(C)C)OC(=O)CCCCCCCCCCCCCCCCCCC(C)C. The molecule has 6 heteroatoms. The lowest BCUT2D eigenvalue weighted by Gasteiger charge is -2.18. The molecule has 56 heavy (non-hydrogen) atoms. The zero-order chi connectivity index (χ0) is 41.2. The standard InChI is InChI=1S/C50H96O6/c1-6-7-8-28-35-40-48(51)54-43-47(44-55-49(52)41-36-31-26-22-19-15-17-21-25-30-34-39-46(4)5)56-50(53)42-37-32-27-23-18-14-12-10-9-11-13-16-20-24-29-33-38-45(2)3/h45-47H,6-44H2,1-5H3/t47-/m1/s1. The first-order valence-corrected chi connectivity index (χ1v) is 24.7. The van der Waals surface area contributed by atoms with Gasteiger partial charge in [-0.15, -0.1) is 0 Å². The van der Waals surface area contributed by atoms with Crippen LogP contribution >= 0.6 is 0 Å². The van der Waals surface area contributed by atoms with Gasteiger partial charge in [-0.3, -0.25) is 14.4 Å². The van der Waals surface area contributed by atoms with E-state index in [9.17, 15) is 14.4 Å². The van der Waals surface area contributed by atoms with Crippen molar-refractivity contribution in [2.45, 2.75) is 278 Å². The Morgan fingerprint density at radius 1 is 0.339 bits per heavy atom. The molecule has 6 nitrogen and oxygen atoms in total. The number of hydrogen-bond acceptors (Lipinski definition) is 6. The van der Waals surface area contributed by atoms with Crippen LogP contribution in [0.3, 0.4) is 0 Å². The number of hydrogen-bond donors (Lipinski definition) is 0. The Labute approximate surface area is 348 Å². The van der Waals surface area contributed by atoms with Gasteiger partial charge in [0.05, 0.1) is 0 Å². The molecule has 0 radical (unpaired) electrons. The van der Waals surface area contributed by atoms with Crippen molar-refractivity contribution < 1.29 is 28.6 Å². The van der Waals surface area contributed by atoms with Crippen molar-refractivity contribution in [3.05, 3.63) is 0 Å². The van der Waals surface area contributed by atoms with Crippen molar-refractivity contribution in [2.24, 2.45) is 11.8 Å². The average Bonchev–Trinajstić information content (AvgIpc) is 3.16. The number of rotatable bonds is 44. The highest BCUT2D eigenvalue weighted by atomic mass is 16.6. The molecule has 1 atom stereocenters. The molecule has 0 aliphatic rings. The Bertz CT molecular complexity index is 854. The summed E-state index contributed by atoms with van der Waals surface area (Å²) in [5, 5.41) is 0. The molecule has 0 bridgehead atoms. The van der Waals surface area contributed by atoms with Gasteiger partial charge in [-0.25, -0.2) is 0 Å². The maximum atomic E-state index is 12.7. The highest BCUT2D eigenvalue weighted by Gasteiger charge is 2.19. The summed E-state index contributed by atoms with van der Waals surface area (Å²) in [5.74, 6) is 0.814. The van der Waals surface area contributed by atoms with Crippen LogP contribution in [-0.4, -0.2) is 37.2 Å². The van der Waals surface area contributed by atoms with Crippen LogP contribution in [0.25, 0.3) is 0 Å². The first-order valence-electron chi connectivity index (χ1n) is 24.7. The highest BCUT2D eigenvalue weighted by molar-refractivity contribution is 5.71. The molecule has 0 spiro atoms. The lowest BCUT2D eigenvalue weighted by atomic mass is 10.0. The summed E-state index contributed by atoms with van der Waals surface area (Å²) >= 11 is 0. The predicted molar refractivity (Wildman–Crippen MR) is 238 cm³/mol. The van der Waals surface area contributed by atoms with Gasteiger partial charge in [0.25, 0.3) is 0 Å². The van der Waals surface area contributed by atoms with E-state index in [1.807, 2.05) is 0 Å². The van der Waals surface area contributed by atoms with Crippen molar-refractivity contribution in [3.8, 4) is 0 Å². The van der Waals surface area contributed by atoms with E-state index in [4.69, 9.17) is 14.2 Å². The third-order valence-electron chi connectivity index (χ3n) is 11.2. The lowest BCUT2D eigenvalue weighted by Crippen LogP contribution is -2.30. The maximum absolute atomic E-state index is 12.7. The fraction of sp³-hybridized carbons (Fsp3) is 0.940. The van der Waals surface area contributed by atoms with Crippen LogP contribution in [0.1, 0.15) is 272 Å². The van der Waals surface area contributed by atoms with Crippen molar-refractivity contribution in [3.63, 3.8) is 0 Å². The molecule has 0 unspecified atom stereocenters. The van der Waals surface area contributed by atoms with E-state index >= 15 is 0 Å². The van der Waals surface area contributed by atoms with Gasteiger partial charge in [0.1, 0.15) is 13.2 Å². The molecule has 0 N–H and O–H groups in total. The minimum absolute atomic E-state index is 0.0651. The summed E-state index contributed by atoms with van der Waals surface area (Å²) in [7, 11) is 0. The van der Waals surface area contributed by atoms with Crippen molar-refractivity contribution in [2.75, 3.05) is 13.2 Å². The third kappa shape index (κ3) is 43.5. The molecule has 0 heterocycles. The molecule has 0 aliphatic heterocycles. The summed E-state index contributed by atoms with van der Waals surface area (Å²) < 4.78 is 16.7. The van der Waals surface area contributed by atoms with Gasteiger partial charge in [0.15, 0.2) is 6.10 Å². The molecule has 0 amide bonds. The molecule has 0 fully saturated rings. The van der Waals surface area contributed by atoms with E-state index in [-0.39, 0.29) is 31.1 Å². The van der Waals surface area contributed by atoms with Gasteiger partial charge < -0.3 is 14.2 Å². The highest BCUT2D eigenvalue weighted by Crippen LogP contribution is 2.17. The second-order valence-corrected chi connectivity index (χ2v) is 18.1. The molecule has 0 saturated heterocycles. The fourth-order valence-electron chi connectivity index (χ4n) is 7.46. The molecule has 0 rings (SSSR count). The quantitative estimate of drug-likeness (QED) is 0.0347. The second-order valence-electron chi connectivity index (χ2n) is 18.1. The number of unbranched alkanes of at least 4 members (excludes halogenated alkanes) is 29. The molecule has 0 saturated carbocycles. The number of carbonyl (C=O) groups excluding carboxylic acids is 3. The molecule has 332 valence electrons. The number of ether oxygens (including phenoxy) is 3. The normalized spacial score (nSPS) is 12.1. The van der Waals surface area contributed by atoms with Crippen LogP contribution < -0.4 is 0 Å². The Morgan fingerprint density at radius 3 is 0.875 bits per heavy atom. The second kappa shape index (κ2) is 43.0. The van der Waals surface area contributed by atoms with Crippen molar-refractivity contribution in [1.29, 1.82) is 0 Å². The molecule has 0 aliphatic carbocycles. The summed E-state index contributed by atoms with van der Waals surface area (Å²) in [5.41, 5.74) is 0. The minimum Gasteiger partial charge on any atom is -0.462 e. The molecule has 0 aromatic carbocycles. The minimum atomic E-state index is -0.759. The van der Waals surface area contributed by atoms with Gasteiger partial charge >= 0.3 is 17.9 Å². The topological polar surface area (TPSA) is 78.9 Å². The third-order valence-corrected chi connectivity index (χ3v) is 11.2. The monoisotopic (exact) mass is 793 g/mol. The molecule has 0 aromatic rings. The lowest BCUT2D eigenvalue weighted by molar-refractivity contribution is -0.167. The van der Waals surface area contributed by atoms with E-state index in [2.05, 4.69) is 34.6 Å². The summed E-state index contributed by atoms with van der Waals surface area (Å²) in [6.07, 6.45) is 42.7. The van der Waals surface area contributed by atoms with Gasteiger partial charge in [-0.05, 0) is 31.1 Å². The fourth-order valence-corrected chi connectivity index (χ4v) is 7.46. The zero-order valence-corrected chi connectivity index (χ0v) is 38.3. The van der Waals surface area contributed by atoms with E-state index in [1.54, 1.807) is 0 Å². The molecular weight excluding hydrogens is 697 g/mol. The maximum Gasteiger partial charge on any atom is 0.306 e. The van der Waals surface area contributed by atoms with Crippen LogP contribution in [0.5, 0.6) is 0 Å². The summed E-state index contributed by atoms with van der Waals surface area (Å²) in [6, 6.07) is 0. The summed E-state index contributed by atoms with van der Waals surface area (Å²) in [4.78, 5) is 37.6. The predicted octanol–water partition coefficient (Wildman–Crippen LogP) is 15.8. The van der Waals surface area contributed by atoms with E-state index in [1.165, 1.54) is 154 Å². The molecular formula is C50H96O6. The molecule has 0 aromatic heterocycles. The van der Waals surface area contributed by atoms with Gasteiger partial charge in [-0.1, -0.05) is 234 Å². The first kappa shape index (κ1) is 54.4. The van der Waals surface area contributed by atoms with Gasteiger partial charge in [0, 0.05) is 19.3 Å². The van der Waals surface area contributed by atoms with Crippen LogP contribution in [0.15, 0.2) is 0 Å². The Balaban J connectivity index is 4.12. The van der Waals surface area contributed by atoms with Gasteiger partial charge in [0.2, 0.25) is 0 Å². The number of esters is 3. The first-order chi connectivity index (χ1) is 27.2. The Kier molecular flexibility index (Phi) is 41.8. The van der Waals surface area contributed by atoms with Crippen LogP contribution in [0.4, 0.5) is 0 Å². The van der Waals surface area contributed by atoms with Crippen molar-refractivity contribution >= 4 is 17.9 Å². The Morgan fingerprint density at radius 2 is 0.589 bits per heavy atom. The zero-order valence-electron chi connectivity index (χ0n) is 38.3. The smallest absolute Gasteiger partial charge is 0.306 e. The average molecular weight is 793 g/mol.